The van der Waals surface area contributed by atoms with Gasteiger partial charge in [0.1, 0.15) is 12.1 Å². The molecule has 1 fully saturated rings. The van der Waals surface area contributed by atoms with E-state index in [0.29, 0.717) is 23.6 Å². The van der Waals surface area contributed by atoms with E-state index >= 15 is 0 Å². The number of amides is 4. The third-order valence-electron chi connectivity index (χ3n) is 4.86. The van der Waals surface area contributed by atoms with Gasteiger partial charge in [0, 0.05) is 6.54 Å². The molecule has 0 spiro atoms. The second-order valence-corrected chi connectivity index (χ2v) is 6.78. The van der Waals surface area contributed by atoms with E-state index in [-0.39, 0.29) is 13.3 Å². The summed E-state index contributed by atoms with van der Waals surface area (Å²) >= 11 is 0. The zero-order chi connectivity index (χ0) is 19.7. The number of ether oxygens (including phenoxy) is 2. The summed E-state index contributed by atoms with van der Waals surface area (Å²) in [6.07, 6.45) is 0. The summed E-state index contributed by atoms with van der Waals surface area (Å²) in [5.74, 6) is 0.189. The van der Waals surface area contributed by atoms with Crippen LogP contribution >= 0.6 is 0 Å². The van der Waals surface area contributed by atoms with Gasteiger partial charge in [0.05, 0.1) is 0 Å². The molecule has 2 aromatic carbocycles. The lowest BCUT2D eigenvalue weighted by Crippen LogP contribution is -2.43. The molecule has 28 heavy (non-hydrogen) atoms. The summed E-state index contributed by atoms with van der Waals surface area (Å²) in [4.78, 5) is 38.5. The smallest absolute Gasteiger partial charge is 0.325 e. The van der Waals surface area contributed by atoms with E-state index in [1.807, 2.05) is 30.3 Å². The first kappa shape index (κ1) is 17.8. The predicted octanol–water partition coefficient (Wildman–Crippen LogP) is 1.50. The number of nitrogens with one attached hydrogen (secondary N) is 2. The molecule has 8 nitrogen and oxygen atoms in total. The van der Waals surface area contributed by atoms with Crippen molar-refractivity contribution in [1.29, 1.82) is 0 Å². The highest BCUT2D eigenvalue weighted by Gasteiger charge is 2.49. The predicted molar refractivity (Wildman–Crippen MR) is 98.5 cm³/mol. The highest BCUT2D eigenvalue weighted by atomic mass is 16.7. The molecule has 2 aromatic rings. The maximum Gasteiger partial charge on any atom is 0.325 e. The molecule has 0 aromatic heterocycles. The molecule has 0 radical (unpaired) electrons. The van der Waals surface area contributed by atoms with Gasteiger partial charge in [-0.1, -0.05) is 36.4 Å². The minimum absolute atomic E-state index is 0.115. The van der Waals surface area contributed by atoms with E-state index in [1.165, 1.54) is 0 Å². The zero-order valence-electron chi connectivity index (χ0n) is 15.2. The lowest BCUT2D eigenvalue weighted by atomic mass is 9.91. The molecule has 1 unspecified atom stereocenters. The van der Waals surface area contributed by atoms with Gasteiger partial charge in [-0.15, -0.1) is 0 Å². The van der Waals surface area contributed by atoms with Crippen molar-refractivity contribution in [2.24, 2.45) is 0 Å². The second-order valence-electron chi connectivity index (χ2n) is 6.78. The van der Waals surface area contributed by atoms with Crippen LogP contribution in [0.4, 0.5) is 4.79 Å². The number of carbonyl (C=O) groups excluding carboxylic acids is 3. The third-order valence-corrected chi connectivity index (χ3v) is 4.86. The Labute approximate surface area is 161 Å². The van der Waals surface area contributed by atoms with Crippen LogP contribution in [0, 0.1) is 0 Å². The van der Waals surface area contributed by atoms with Gasteiger partial charge in [-0.2, -0.15) is 0 Å². The molecule has 2 heterocycles. The van der Waals surface area contributed by atoms with E-state index in [9.17, 15) is 14.4 Å². The van der Waals surface area contributed by atoms with Crippen LogP contribution in [0.15, 0.2) is 48.5 Å². The Morgan fingerprint density at radius 2 is 1.89 bits per heavy atom. The van der Waals surface area contributed by atoms with Crippen LogP contribution in [0.25, 0.3) is 0 Å². The van der Waals surface area contributed by atoms with Gasteiger partial charge < -0.3 is 20.1 Å². The molecule has 8 heteroatoms. The minimum Gasteiger partial charge on any atom is -0.454 e. The SMILES string of the molecule is CC1(c2ccc3c(c2)OCO3)NC(=O)N(CC(=O)NCc2ccccc2)C1=O. The van der Waals surface area contributed by atoms with Gasteiger partial charge >= 0.3 is 6.03 Å². The normalized spacial score (nSPS) is 20.2. The fourth-order valence-electron chi connectivity index (χ4n) is 3.24. The summed E-state index contributed by atoms with van der Waals surface area (Å²) < 4.78 is 10.6. The molecule has 0 aliphatic carbocycles. The number of fused-ring (bicyclic) bond motifs is 1. The summed E-state index contributed by atoms with van der Waals surface area (Å²) in [5.41, 5.74) is 0.207. The van der Waals surface area contributed by atoms with Crippen molar-refractivity contribution < 1.29 is 23.9 Å². The van der Waals surface area contributed by atoms with Crippen LogP contribution in [-0.4, -0.2) is 36.1 Å². The zero-order valence-corrected chi connectivity index (χ0v) is 15.2. The maximum atomic E-state index is 12.9. The van der Waals surface area contributed by atoms with E-state index in [1.54, 1.807) is 25.1 Å². The number of urea groups is 1. The first-order chi connectivity index (χ1) is 13.5. The van der Waals surface area contributed by atoms with Crippen molar-refractivity contribution in [2.45, 2.75) is 19.0 Å². The molecule has 4 rings (SSSR count). The molecule has 2 N–H and O–H groups in total. The van der Waals surface area contributed by atoms with E-state index in [0.717, 1.165) is 10.5 Å². The number of nitrogens with zero attached hydrogens (tertiary/aromatic N) is 1. The second kappa shape index (κ2) is 6.88. The lowest BCUT2D eigenvalue weighted by molar-refractivity contribution is -0.134. The Balaban J connectivity index is 1.45. The summed E-state index contributed by atoms with van der Waals surface area (Å²) in [7, 11) is 0. The van der Waals surface area contributed by atoms with Gasteiger partial charge in [-0.05, 0) is 30.2 Å². The average molecular weight is 381 g/mol. The van der Waals surface area contributed by atoms with Crippen molar-refractivity contribution in [3.63, 3.8) is 0 Å². The van der Waals surface area contributed by atoms with Gasteiger partial charge in [-0.25, -0.2) is 4.79 Å². The molecule has 2 aliphatic rings. The molecule has 144 valence electrons. The van der Waals surface area contributed by atoms with Gasteiger partial charge in [0.15, 0.2) is 11.5 Å². The van der Waals surface area contributed by atoms with Gasteiger partial charge in [0.25, 0.3) is 5.91 Å². The van der Waals surface area contributed by atoms with E-state index in [2.05, 4.69) is 10.6 Å². The Kier molecular flexibility index (Phi) is 4.38. The van der Waals surface area contributed by atoms with Crippen LogP contribution < -0.4 is 20.1 Å². The molecular weight excluding hydrogens is 362 g/mol. The average Bonchev–Trinajstić information content (AvgIpc) is 3.25. The van der Waals surface area contributed by atoms with Crippen molar-refractivity contribution in [1.82, 2.24) is 15.5 Å². The topological polar surface area (TPSA) is 97.0 Å². The molecule has 0 bridgehead atoms. The Bertz CT molecular complexity index is 946. The first-order valence-electron chi connectivity index (χ1n) is 8.82. The largest absolute Gasteiger partial charge is 0.454 e. The summed E-state index contributed by atoms with van der Waals surface area (Å²) in [6.45, 7) is 1.69. The highest BCUT2D eigenvalue weighted by Crippen LogP contribution is 2.37. The molecular formula is C20H19N3O5. The van der Waals surface area contributed by atoms with Crippen molar-refractivity contribution in [3.05, 3.63) is 59.7 Å². The van der Waals surface area contributed by atoms with Crippen LogP contribution in [0.3, 0.4) is 0 Å². The van der Waals surface area contributed by atoms with Crippen LogP contribution in [0.1, 0.15) is 18.1 Å². The monoisotopic (exact) mass is 381 g/mol. The molecule has 1 saturated heterocycles. The quantitative estimate of drug-likeness (QED) is 0.765. The minimum atomic E-state index is -1.28. The van der Waals surface area contributed by atoms with E-state index in [4.69, 9.17) is 9.47 Å². The fraction of sp³-hybridized carbons (Fsp3) is 0.250. The van der Waals surface area contributed by atoms with Crippen LogP contribution in [-0.2, 0) is 21.7 Å². The van der Waals surface area contributed by atoms with E-state index < -0.39 is 23.4 Å². The molecule has 2 aliphatic heterocycles. The molecule has 1 atom stereocenters. The number of carbonyl (C=O) groups is 3. The number of hydrogen-bond donors (Lipinski definition) is 2. The Hall–Kier alpha value is -3.55. The number of benzene rings is 2. The molecule has 4 amide bonds. The lowest BCUT2D eigenvalue weighted by Gasteiger charge is -2.22. The van der Waals surface area contributed by atoms with Crippen molar-refractivity contribution in [2.75, 3.05) is 13.3 Å². The summed E-state index contributed by atoms with van der Waals surface area (Å²) in [5, 5.41) is 5.40. The van der Waals surface area contributed by atoms with Crippen LogP contribution in [0.5, 0.6) is 11.5 Å². The standard InChI is InChI=1S/C20H19N3O5/c1-20(14-7-8-15-16(9-14)28-12-27-15)18(25)23(19(26)22-20)11-17(24)21-10-13-5-3-2-4-6-13/h2-9H,10-12H2,1H3,(H,21,24)(H,22,26). The first-order valence-corrected chi connectivity index (χ1v) is 8.82. The highest BCUT2D eigenvalue weighted by molar-refractivity contribution is 6.09. The third kappa shape index (κ3) is 3.13. The maximum absolute atomic E-state index is 12.9. The van der Waals surface area contributed by atoms with Gasteiger partial charge in [0.2, 0.25) is 12.7 Å². The van der Waals surface area contributed by atoms with Crippen molar-refractivity contribution in [3.8, 4) is 11.5 Å². The Morgan fingerprint density at radius 3 is 2.68 bits per heavy atom. The van der Waals surface area contributed by atoms with Crippen LogP contribution in [0.2, 0.25) is 0 Å². The fourth-order valence-corrected chi connectivity index (χ4v) is 3.24. The summed E-state index contributed by atoms with van der Waals surface area (Å²) in [6, 6.07) is 13.8. The van der Waals surface area contributed by atoms with Crippen molar-refractivity contribution >= 4 is 17.8 Å². The number of imide groups is 1. The number of hydrogen-bond acceptors (Lipinski definition) is 5. The van der Waals surface area contributed by atoms with Gasteiger partial charge in [-0.3, -0.25) is 14.5 Å². The molecule has 0 saturated carbocycles. The Morgan fingerprint density at radius 1 is 1.14 bits per heavy atom. The number of rotatable bonds is 5.